The first-order valence-corrected chi connectivity index (χ1v) is 3.58. The average molecular weight is 167 g/mol. The van der Waals surface area contributed by atoms with Crippen LogP contribution in [0.15, 0.2) is 18.2 Å². The number of halogens is 1. The highest BCUT2D eigenvalue weighted by Crippen LogP contribution is 2.07. The highest BCUT2D eigenvalue weighted by atomic mass is 19.1. The van der Waals surface area contributed by atoms with Crippen LogP contribution in [0.1, 0.15) is 15.9 Å². The van der Waals surface area contributed by atoms with E-state index in [-0.39, 0.29) is 11.7 Å². The van der Waals surface area contributed by atoms with Crippen molar-refractivity contribution in [3.05, 3.63) is 42.2 Å². The molecule has 3 heteroatoms. The van der Waals surface area contributed by atoms with Crippen LogP contribution >= 0.6 is 0 Å². The third-order valence-corrected chi connectivity index (χ3v) is 1.63. The summed E-state index contributed by atoms with van der Waals surface area (Å²) in [5, 5.41) is 1.21. The first-order valence-electron chi connectivity index (χ1n) is 3.58. The summed E-state index contributed by atoms with van der Waals surface area (Å²) >= 11 is 0. The SMILES string of the molecule is [CH2-][NH2+]C(=O)c1ccc(F)c(C)c1. The summed E-state index contributed by atoms with van der Waals surface area (Å²) in [7, 11) is 3.35. The second-order valence-electron chi connectivity index (χ2n) is 2.53. The van der Waals surface area contributed by atoms with Gasteiger partial charge in [-0.2, -0.15) is 0 Å². The van der Waals surface area contributed by atoms with E-state index in [9.17, 15) is 9.18 Å². The van der Waals surface area contributed by atoms with Gasteiger partial charge >= 0.3 is 5.91 Å². The number of aryl methyl sites for hydroxylation is 1. The van der Waals surface area contributed by atoms with Crippen LogP contribution in [-0.4, -0.2) is 5.91 Å². The fourth-order valence-corrected chi connectivity index (χ4v) is 0.916. The molecule has 12 heavy (non-hydrogen) atoms. The van der Waals surface area contributed by atoms with E-state index in [1.54, 1.807) is 6.92 Å². The molecule has 0 spiro atoms. The molecule has 0 bridgehead atoms. The number of carbonyl (C=O) groups is 1. The van der Waals surface area contributed by atoms with Gasteiger partial charge in [-0.05, 0) is 30.7 Å². The predicted octanol–water partition coefficient (Wildman–Crippen LogP) is 0.629. The highest BCUT2D eigenvalue weighted by Gasteiger charge is 2.06. The summed E-state index contributed by atoms with van der Waals surface area (Å²) in [6.07, 6.45) is 0. The monoisotopic (exact) mass is 167 g/mol. The molecule has 1 aromatic rings. The van der Waals surface area contributed by atoms with E-state index in [0.29, 0.717) is 11.1 Å². The summed E-state index contributed by atoms with van der Waals surface area (Å²) in [6, 6.07) is 4.25. The molecule has 0 aliphatic carbocycles. The van der Waals surface area contributed by atoms with E-state index >= 15 is 0 Å². The van der Waals surface area contributed by atoms with E-state index in [0.717, 1.165) is 0 Å². The quantitative estimate of drug-likeness (QED) is 0.611. The topological polar surface area (TPSA) is 33.7 Å². The normalized spacial score (nSPS) is 9.92. The van der Waals surface area contributed by atoms with Crippen molar-refractivity contribution in [2.75, 3.05) is 0 Å². The molecule has 1 rings (SSSR count). The van der Waals surface area contributed by atoms with Gasteiger partial charge < -0.3 is 5.32 Å². The van der Waals surface area contributed by atoms with Crippen LogP contribution in [0, 0.1) is 19.8 Å². The van der Waals surface area contributed by atoms with Gasteiger partial charge in [0.25, 0.3) is 0 Å². The molecule has 0 fully saturated rings. The number of nitrogens with two attached hydrogens (primary N) is 1. The highest BCUT2D eigenvalue weighted by molar-refractivity contribution is 5.86. The molecule has 0 aliphatic rings. The van der Waals surface area contributed by atoms with Gasteiger partial charge in [-0.15, -0.1) is 7.05 Å². The maximum atomic E-state index is 12.7. The molecule has 0 saturated carbocycles. The van der Waals surface area contributed by atoms with Crippen molar-refractivity contribution in [3.8, 4) is 0 Å². The molecule has 2 N–H and O–H groups in total. The van der Waals surface area contributed by atoms with Gasteiger partial charge in [0, 0.05) is 0 Å². The van der Waals surface area contributed by atoms with E-state index in [1.807, 2.05) is 0 Å². The summed E-state index contributed by atoms with van der Waals surface area (Å²) in [5.41, 5.74) is 0.951. The zero-order chi connectivity index (χ0) is 9.14. The lowest BCUT2D eigenvalue weighted by Crippen LogP contribution is -2.81. The number of amides is 1. The van der Waals surface area contributed by atoms with Crippen LogP contribution in [0.3, 0.4) is 0 Å². The maximum Gasteiger partial charge on any atom is 0.316 e. The van der Waals surface area contributed by atoms with Crippen LogP contribution in [0.4, 0.5) is 4.39 Å². The van der Waals surface area contributed by atoms with Crippen molar-refractivity contribution in [2.45, 2.75) is 6.92 Å². The van der Waals surface area contributed by atoms with E-state index in [2.05, 4.69) is 7.05 Å². The lowest BCUT2D eigenvalue weighted by molar-refractivity contribution is -0.489. The number of rotatable bonds is 1. The van der Waals surface area contributed by atoms with Gasteiger partial charge in [-0.1, -0.05) is 0 Å². The Hall–Kier alpha value is -1.22. The van der Waals surface area contributed by atoms with Crippen LogP contribution in [0.2, 0.25) is 0 Å². The van der Waals surface area contributed by atoms with Crippen molar-refractivity contribution < 1.29 is 14.5 Å². The van der Waals surface area contributed by atoms with Crippen molar-refractivity contribution in [1.29, 1.82) is 0 Å². The Morgan fingerprint density at radius 2 is 2.25 bits per heavy atom. The van der Waals surface area contributed by atoms with Gasteiger partial charge in [-0.25, -0.2) is 9.18 Å². The molecule has 0 saturated heterocycles. The third kappa shape index (κ3) is 1.68. The minimum atomic E-state index is -0.296. The lowest BCUT2D eigenvalue weighted by atomic mass is 10.1. The molecule has 0 aromatic heterocycles. The number of quaternary nitrogens is 1. The minimum absolute atomic E-state index is 0.182. The molecule has 2 nitrogen and oxygen atoms in total. The average Bonchev–Trinajstić information content (AvgIpc) is 2.08. The predicted molar refractivity (Wildman–Crippen MR) is 42.7 cm³/mol. The molecule has 1 aromatic carbocycles. The largest absolute Gasteiger partial charge is 0.411 e. The van der Waals surface area contributed by atoms with Crippen LogP contribution in [0.25, 0.3) is 0 Å². The van der Waals surface area contributed by atoms with E-state index in [4.69, 9.17) is 0 Å². The van der Waals surface area contributed by atoms with Crippen molar-refractivity contribution >= 4 is 5.91 Å². The summed E-state index contributed by atoms with van der Waals surface area (Å²) < 4.78 is 12.7. The summed E-state index contributed by atoms with van der Waals surface area (Å²) in [4.78, 5) is 11.0. The maximum absolute atomic E-state index is 12.7. The van der Waals surface area contributed by atoms with Crippen molar-refractivity contribution in [3.63, 3.8) is 0 Å². The summed E-state index contributed by atoms with van der Waals surface area (Å²) in [6.45, 7) is 1.62. The Labute approximate surface area is 70.4 Å². The Bertz CT molecular complexity index is 309. The molecule has 0 radical (unpaired) electrons. The Balaban J connectivity index is 3.05. The molecule has 0 heterocycles. The second kappa shape index (κ2) is 3.45. The van der Waals surface area contributed by atoms with Crippen molar-refractivity contribution in [2.24, 2.45) is 0 Å². The second-order valence-corrected chi connectivity index (χ2v) is 2.53. The number of primary amides is 1. The van der Waals surface area contributed by atoms with Gasteiger partial charge in [-0.3, -0.25) is 0 Å². The van der Waals surface area contributed by atoms with Crippen LogP contribution in [0.5, 0.6) is 0 Å². The number of hydrogen-bond acceptors (Lipinski definition) is 1. The molecule has 64 valence electrons. The molecular weight excluding hydrogens is 157 g/mol. The number of carbonyl (C=O) groups excluding carboxylic acids is 1. The number of benzene rings is 1. The molecule has 1 amide bonds. The van der Waals surface area contributed by atoms with E-state index in [1.165, 1.54) is 23.5 Å². The Kier molecular flexibility index (Phi) is 2.55. The fraction of sp³-hybridized carbons (Fsp3) is 0.111. The van der Waals surface area contributed by atoms with E-state index < -0.39 is 0 Å². The molecule has 0 unspecified atom stereocenters. The fourth-order valence-electron chi connectivity index (χ4n) is 0.916. The molecule has 0 atom stereocenters. The van der Waals surface area contributed by atoms with Crippen LogP contribution < -0.4 is 5.32 Å². The third-order valence-electron chi connectivity index (χ3n) is 1.63. The van der Waals surface area contributed by atoms with Gasteiger partial charge in [0.1, 0.15) is 5.82 Å². The molecule has 0 aliphatic heterocycles. The van der Waals surface area contributed by atoms with Gasteiger partial charge in [0.15, 0.2) is 0 Å². The minimum Gasteiger partial charge on any atom is -0.411 e. The Morgan fingerprint density at radius 3 is 2.75 bits per heavy atom. The first-order chi connectivity index (χ1) is 5.65. The molecular formula is C9H10FNO. The lowest BCUT2D eigenvalue weighted by Gasteiger charge is -2.00. The zero-order valence-electron chi connectivity index (χ0n) is 6.80. The first kappa shape index (κ1) is 8.87. The van der Waals surface area contributed by atoms with Gasteiger partial charge in [0.05, 0.1) is 5.56 Å². The van der Waals surface area contributed by atoms with Crippen molar-refractivity contribution in [1.82, 2.24) is 0 Å². The standard InChI is InChI=1S/C9H10FNO/c1-6-5-7(9(12)11-2)3-4-8(6)10/h3-5H,2,11H2,1H3. The number of hydrogen-bond donors (Lipinski definition) is 1. The Morgan fingerprint density at radius 1 is 1.58 bits per heavy atom. The summed E-state index contributed by atoms with van der Waals surface area (Å²) in [5.74, 6) is -0.478. The smallest absolute Gasteiger partial charge is 0.316 e. The van der Waals surface area contributed by atoms with Crippen LogP contribution in [-0.2, 0) is 0 Å². The van der Waals surface area contributed by atoms with Gasteiger partial charge in [0.2, 0.25) is 0 Å². The zero-order valence-corrected chi connectivity index (χ0v) is 6.80.